The van der Waals surface area contributed by atoms with Crippen molar-refractivity contribution in [2.24, 2.45) is 5.14 Å². The van der Waals surface area contributed by atoms with Crippen molar-refractivity contribution in [1.29, 1.82) is 5.26 Å². The summed E-state index contributed by atoms with van der Waals surface area (Å²) >= 11 is 6.21. The Kier molecular flexibility index (Phi) is 5.70. The lowest BCUT2D eigenvalue weighted by atomic mass is 10.1. The number of aromatic nitrogens is 3. The maximum absolute atomic E-state index is 12.7. The first-order valence-electron chi connectivity index (χ1n) is 8.08. The zero-order valence-corrected chi connectivity index (χ0v) is 16.5. The summed E-state index contributed by atoms with van der Waals surface area (Å²) in [5, 5.41) is 14.9. The van der Waals surface area contributed by atoms with E-state index in [1.54, 1.807) is 0 Å². The van der Waals surface area contributed by atoms with Crippen LogP contribution < -0.4 is 9.88 Å². The molecule has 152 valence electrons. The molecule has 2 aromatic heterocycles. The van der Waals surface area contributed by atoms with E-state index >= 15 is 0 Å². The van der Waals surface area contributed by atoms with Gasteiger partial charge >= 0.3 is 0 Å². The normalized spacial score (nSPS) is 11.8. The number of halogens is 3. The molecule has 0 radical (unpaired) electrons. The zero-order chi connectivity index (χ0) is 21.3. The highest BCUT2D eigenvalue weighted by Gasteiger charge is 2.23. The molecular weight excluding hydrogens is 428 g/mol. The number of nitrogens with zero attached hydrogens (tertiary/aromatic N) is 4. The number of fused-ring (bicyclic) bond motifs is 1. The third-order valence-electron chi connectivity index (χ3n) is 4.14. The van der Waals surface area contributed by atoms with Gasteiger partial charge in [0, 0.05) is 40.4 Å². The largest absolute Gasteiger partial charge is 0.481 e. The molecule has 0 amide bonds. The predicted octanol–water partition coefficient (Wildman–Crippen LogP) is 2.60. The number of sulfonamides is 1. The van der Waals surface area contributed by atoms with E-state index in [1.165, 1.54) is 36.2 Å². The van der Waals surface area contributed by atoms with Crippen molar-refractivity contribution in [3.05, 3.63) is 40.7 Å². The predicted molar refractivity (Wildman–Crippen MR) is 101 cm³/mol. The van der Waals surface area contributed by atoms with E-state index in [-0.39, 0.29) is 44.6 Å². The smallest absolute Gasteiger partial charge is 0.242 e. The van der Waals surface area contributed by atoms with E-state index in [2.05, 4.69) is 9.97 Å². The Morgan fingerprint density at radius 1 is 1.41 bits per heavy atom. The Balaban J connectivity index is 2.35. The summed E-state index contributed by atoms with van der Waals surface area (Å²) in [4.78, 5) is 7.97. The average molecular weight is 442 g/mol. The number of nitriles is 1. The molecule has 0 bridgehead atoms. The fourth-order valence-corrected chi connectivity index (χ4v) is 3.89. The number of nitrogens with two attached hydrogens (primary N) is 1. The minimum atomic E-state index is -4.13. The van der Waals surface area contributed by atoms with Crippen molar-refractivity contribution < 1.29 is 21.9 Å². The molecule has 0 unspecified atom stereocenters. The van der Waals surface area contributed by atoms with Crippen LogP contribution in [-0.2, 0) is 22.9 Å². The maximum atomic E-state index is 12.7. The van der Waals surface area contributed by atoms with Crippen LogP contribution in [0.5, 0.6) is 5.88 Å². The zero-order valence-electron chi connectivity index (χ0n) is 14.9. The van der Waals surface area contributed by atoms with Crippen molar-refractivity contribution >= 4 is 32.5 Å². The van der Waals surface area contributed by atoms with Crippen LogP contribution >= 0.6 is 11.6 Å². The minimum Gasteiger partial charge on any atom is -0.481 e. The van der Waals surface area contributed by atoms with Gasteiger partial charge in [0.05, 0.1) is 25.1 Å². The molecule has 0 aliphatic carbocycles. The minimum absolute atomic E-state index is 0.0544. The van der Waals surface area contributed by atoms with Crippen LogP contribution in [0.1, 0.15) is 11.1 Å². The second-order valence-corrected chi connectivity index (χ2v) is 7.90. The van der Waals surface area contributed by atoms with Crippen LogP contribution in [0.3, 0.4) is 0 Å². The molecule has 0 atom stereocenters. The van der Waals surface area contributed by atoms with E-state index in [0.717, 1.165) is 0 Å². The van der Waals surface area contributed by atoms with E-state index in [9.17, 15) is 17.2 Å². The molecule has 2 N–H and O–H groups in total. The van der Waals surface area contributed by atoms with Gasteiger partial charge in [0.15, 0.2) is 0 Å². The molecule has 0 saturated heterocycles. The lowest BCUT2D eigenvalue weighted by molar-refractivity contribution is 0.147. The van der Waals surface area contributed by atoms with Crippen molar-refractivity contribution in [3.63, 3.8) is 0 Å². The molecule has 0 aliphatic rings. The number of benzene rings is 1. The number of primary sulfonamides is 1. The van der Waals surface area contributed by atoms with Gasteiger partial charge in [-0.05, 0) is 12.1 Å². The molecule has 2 heterocycles. The van der Waals surface area contributed by atoms with Crippen molar-refractivity contribution in [2.45, 2.75) is 24.2 Å². The number of ether oxygens (including phenoxy) is 1. The maximum Gasteiger partial charge on any atom is 0.242 e. The van der Waals surface area contributed by atoms with E-state index < -0.39 is 22.9 Å². The summed E-state index contributed by atoms with van der Waals surface area (Å²) in [6, 6.07) is 4.89. The van der Waals surface area contributed by atoms with Gasteiger partial charge in [-0.1, -0.05) is 11.6 Å². The van der Waals surface area contributed by atoms with Crippen molar-refractivity contribution in [2.75, 3.05) is 7.11 Å². The molecule has 12 heteroatoms. The van der Waals surface area contributed by atoms with Crippen LogP contribution in [0, 0.1) is 11.3 Å². The lowest BCUT2D eigenvalue weighted by Gasteiger charge is -2.11. The molecule has 0 saturated carbocycles. The third-order valence-corrected chi connectivity index (χ3v) is 5.43. The van der Waals surface area contributed by atoms with Crippen LogP contribution in [0.15, 0.2) is 29.4 Å². The number of methoxy groups -OCH3 is 1. The first-order chi connectivity index (χ1) is 13.7. The van der Waals surface area contributed by atoms with Gasteiger partial charge < -0.3 is 4.74 Å². The van der Waals surface area contributed by atoms with E-state index in [4.69, 9.17) is 26.7 Å². The molecular formula is C17H14ClF2N5O3S. The molecule has 0 fully saturated rings. The highest BCUT2D eigenvalue weighted by atomic mass is 35.5. The molecule has 29 heavy (non-hydrogen) atoms. The van der Waals surface area contributed by atoms with Crippen molar-refractivity contribution in [3.8, 4) is 17.9 Å². The van der Waals surface area contributed by atoms with Crippen LogP contribution in [0.2, 0.25) is 5.02 Å². The standard InChI is InChI=1S/C17H14ClF2N5O3S/c1-28-16-9(6-14(19)20)7-23-17(24-16)25-8-13(29(22,26)27)11-2-3-12(18)10(4-5-21)15(11)25/h2-3,7-8,14H,4,6H2,1H3,(H2,22,26,27). The highest BCUT2D eigenvalue weighted by molar-refractivity contribution is 7.89. The summed E-state index contributed by atoms with van der Waals surface area (Å²) in [7, 11) is -2.87. The molecule has 3 aromatic rings. The Hall–Kier alpha value is -2.81. The second kappa shape index (κ2) is 7.90. The van der Waals surface area contributed by atoms with Gasteiger partial charge in [0.25, 0.3) is 0 Å². The van der Waals surface area contributed by atoms with E-state index in [0.29, 0.717) is 5.56 Å². The topological polar surface area (TPSA) is 124 Å². The average Bonchev–Trinajstić information content (AvgIpc) is 3.04. The highest BCUT2D eigenvalue weighted by Crippen LogP contribution is 2.34. The summed E-state index contributed by atoms with van der Waals surface area (Å²) < 4.78 is 56.0. The quantitative estimate of drug-likeness (QED) is 0.627. The van der Waals surface area contributed by atoms with Gasteiger partial charge in [-0.25, -0.2) is 27.3 Å². The van der Waals surface area contributed by atoms with Gasteiger partial charge in [0.1, 0.15) is 4.90 Å². The molecule has 0 spiro atoms. The summed E-state index contributed by atoms with van der Waals surface area (Å²) in [6.45, 7) is 0. The summed E-state index contributed by atoms with van der Waals surface area (Å²) in [6.07, 6.45) is -0.988. The van der Waals surface area contributed by atoms with Crippen LogP contribution in [0.4, 0.5) is 8.78 Å². The number of alkyl halides is 2. The molecule has 0 aliphatic heterocycles. The number of rotatable bonds is 6. The fraction of sp³-hybridized carbons (Fsp3) is 0.235. The van der Waals surface area contributed by atoms with E-state index in [1.807, 2.05) is 6.07 Å². The lowest BCUT2D eigenvalue weighted by Crippen LogP contribution is -2.11. The Morgan fingerprint density at radius 3 is 2.72 bits per heavy atom. The summed E-state index contributed by atoms with van der Waals surface area (Å²) in [5.74, 6) is -0.139. The monoisotopic (exact) mass is 441 g/mol. The second-order valence-electron chi connectivity index (χ2n) is 5.97. The Morgan fingerprint density at radius 2 is 2.14 bits per heavy atom. The molecule has 3 rings (SSSR count). The fourth-order valence-electron chi connectivity index (χ4n) is 2.95. The summed E-state index contributed by atoms with van der Waals surface area (Å²) in [5.41, 5.74) is 0.706. The van der Waals surface area contributed by atoms with Gasteiger partial charge in [-0.15, -0.1) is 0 Å². The van der Waals surface area contributed by atoms with Gasteiger partial charge in [-0.3, -0.25) is 4.57 Å². The molecule has 1 aromatic carbocycles. The van der Waals surface area contributed by atoms with Crippen molar-refractivity contribution in [1.82, 2.24) is 14.5 Å². The van der Waals surface area contributed by atoms with Gasteiger partial charge in [-0.2, -0.15) is 10.2 Å². The van der Waals surface area contributed by atoms with Gasteiger partial charge in [0.2, 0.25) is 28.3 Å². The SMILES string of the molecule is COc1nc(-n2cc(S(N)(=O)=O)c3ccc(Cl)c(CC#N)c32)ncc1CC(F)F. The Labute approximate surface area is 169 Å². The third kappa shape index (κ3) is 4.00. The first kappa shape index (κ1) is 20.9. The number of hydrogen-bond donors (Lipinski definition) is 1. The first-order valence-corrected chi connectivity index (χ1v) is 10.0. The van der Waals surface area contributed by atoms with Crippen LogP contribution in [0.25, 0.3) is 16.9 Å². The number of hydrogen-bond acceptors (Lipinski definition) is 6. The molecule has 8 nitrogen and oxygen atoms in total. The van der Waals surface area contributed by atoms with Crippen LogP contribution in [-0.4, -0.2) is 36.5 Å². The Bertz CT molecular complexity index is 1240.